The van der Waals surface area contributed by atoms with E-state index in [1.54, 1.807) is 0 Å². The van der Waals surface area contributed by atoms with Crippen LogP contribution in [0.15, 0.2) is 0 Å². The van der Waals surface area contributed by atoms with E-state index in [0.717, 1.165) is 6.92 Å². The predicted molar refractivity (Wildman–Crippen MR) is 196 cm³/mol. The van der Waals surface area contributed by atoms with E-state index in [2.05, 4.69) is 10.6 Å². The van der Waals surface area contributed by atoms with Gasteiger partial charge >= 0.3 is 0 Å². The van der Waals surface area contributed by atoms with Crippen LogP contribution in [0.25, 0.3) is 0 Å². The molecule has 26 heteroatoms. The normalized spacial score (nSPS) is 49.0. The van der Waals surface area contributed by atoms with Gasteiger partial charge in [0.2, 0.25) is 11.8 Å². The molecule has 0 bridgehead atoms. The highest BCUT2D eigenvalue weighted by Gasteiger charge is 2.56. The van der Waals surface area contributed by atoms with Gasteiger partial charge in [0, 0.05) is 19.8 Å². The molecule has 5 rings (SSSR count). The minimum Gasteiger partial charge on any atom is -0.394 e. The zero-order valence-corrected chi connectivity index (χ0v) is 34.3. The minimum atomic E-state index is -2.13. The van der Waals surface area contributed by atoms with Crippen LogP contribution in [0.4, 0.5) is 0 Å². The Hall–Kier alpha value is -1.94. The van der Waals surface area contributed by atoms with Gasteiger partial charge in [0.15, 0.2) is 25.2 Å². The third kappa shape index (κ3) is 11.0. The van der Waals surface area contributed by atoms with Crippen LogP contribution in [0.1, 0.15) is 27.7 Å². The van der Waals surface area contributed by atoms with Gasteiger partial charge in [-0.3, -0.25) is 9.59 Å². The lowest BCUT2D eigenvalue weighted by Crippen LogP contribution is -2.70. The summed E-state index contributed by atoms with van der Waals surface area (Å²) in [4.78, 5) is 24.4. The van der Waals surface area contributed by atoms with E-state index in [4.69, 9.17) is 42.6 Å². The fourth-order valence-electron chi connectivity index (χ4n) is 8.19. The molecule has 0 aliphatic carbocycles. The zero-order chi connectivity index (χ0) is 45.9. The summed E-state index contributed by atoms with van der Waals surface area (Å²) in [7, 11) is 0. The highest BCUT2D eigenvalue weighted by molar-refractivity contribution is 5.73. The van der Waals surface area contributed by atoms with Crippen molar-refractivity contribution in [3.63, 3.8) is 0 Å². The number of ether oxygens (including phenoxy) is 9. The molecule has 360 valence electrons. The van der Waals surface area contributed by atoms with Crippen LogP contribution in [0, 0.1) is 5.92 Å². The molecule has 5 saturated heterocycles. The molecule has 62 heavy (non-hydrogen) atoms. The second-order valence-electron chi connectivity index (χ2n) is 16.1. The number of hydrogen-bond donors (Lipinski definition) is 15. The average molecular weight is 907 g/mol. The molecule has 0 aromatic heterocycles. The van der Waals surface area contributed by atoms with Crippen molar-refractivity contribution in [3.8, 4) is 0 Å². The topological polar surface area (TPSA) is 404 Å². The Morgan fingerprint density at radius 2 is 0.903 bits per heavy atom. The van der Waals surface area contributed by atoms with E-state index in [-0.39, 0.29) is 0 Å². The molecule has 0 saturated carbocycles. The van der Waals surface area contributed by atoms with Crippen molar-refractivity contribution in [2.45, 2.75) is 175 Å². The summed E-state index contributed by atoms with van der Waals surface area (Å²) in [6.45, 7) is 1.53. The molecule has 0 radical (unpaired) electrons. The molecule has 5 aliphatic heterocycles. The molecule has 0 spiro atoms. The number of rotatable bonds is 15. The largest absolute Gasteiger partial charge is 0.394 e. The first-order chi connectivity index (χ1) is 29.3. The Kier molecular flexibility index (Phi) is 18.1. The fourth-order valence-corrected chi connectivity index (χ4v) is 8.19. The SMILES string of the molecule is CC(=O)NC1C(O)[C@H](O[C@@H]2OC(CO)[C@@H](O[C@@H]3OC(CO[C@H]4OC(CO)[C@@H](C)C(O)[C@H]4O)[C@@H](O)C(O[C@H]4O[C@H](CO)[C@@H](O)C(O)C4O)[C@H]3O)C(O)[C@@H]2NC(C)=O)C(CO)O[C@H]1C. The van der Waals surface area contributed by atoms with Crippen molar-refractivity contribution < 1.29 is 119 Å². The van der Waals surface area contributed by atoms with E-state index in [1.165, 1.54) is 20.8 Å². The standard InChI is InChI=1S/C36H62N2O24/c1-10-14(5-39)56-34(27(51)21(10)45)54-9-18-23(47)32(62-35-28(52)26(50)22(46)15(6-40)57-35)29(53)36(59-18)61-31-17(8-42)58-33(20(25(31)49)38-13(4)44)60-30-16(7-41)55-11(2)19(24(30)48)37-12(3)43/h10-11,14-36,39-42,45-53H,5-9H2,1-4H3,(H,37,43)(H,38,44)/t10-,11+,14?,15-,16?,17?,18?,19?,20+,21?,22-,23-,24?,25?,26?,27-,28?,29-,30-,31-,32?,33+,34+,35-,36+/m1/s1. The Morgan fingerprint density at radius 3 is 1.48 bits per heavy atom. The van der Waals surface area contributed by atoms with E-state index in [1.807, 2.05) is 0 Å². The van der Waals surface area contributed by atoms with Crippen LogP contribution in [-0.4, -0.2) is 258 Å². The molecule has 5 heterocycles. The summed E-state index contributed by atoms with van der Waals surface area (Å²) in [5.41, 5.74) is 0. The van der Waals surface area contributed by atoms with Gasteiger partial charge in [-0.25, -0.2) is 0 Å². The van der Waals surface area contributed by atoms with E-state index in [0.29, 0.717) is 0 Å². The molecule has 0 aromatic rings. The number of aliphatic hydroxyl groups excluding tert-OH is 13. The molecule has 26 nitrogen and oxygen atoms in total. The van der Waals surface area contributed by atoms with E-state index in [9.17, 15) is 76.0 Å². The van der Waals surface area contributed by atoms with E-state index >= 15 is 0 Å². The van der Waals surface area contributed by atoms with Gasteiger partial charge in [0.05, 0.1) is 57.4 Å². The quantitative estimate of drug-likeness (QED) is 0.0725. The number of amides is 2. The molecule has 25 atom stereocenters. The Morgan fingerprint density at radius 1 is 0.452 bits per heavy atom. The lowest BCUT2D eigenvalue weighted by molar-refractivity contribution is -0.382. The maximum Gasteiger partial charge on any atom is 0.217 e. The fraction of sp³-hybridized carbons (Fsp3) is 0.944. The van der Waals surface area contributed by atoms with Crippen molar-refractivity contribution in [1.82, 2.24) is 10.6 Å². The van der Waals surface area contributed by atoms with Gasteiger partial charge in [-0.1, -0.05) is 6.92 Å². The third-order valence-corrected chi connectivity index (χ3v) is 11.8. The van der Waals surface area contributed by atoms with Gasteiger partial charge < -0.3 is 120 Å². The summed E-state index contributed by atoms with van der Waals surface area (Å²) >= 11 is 0. The summed E-state index contributed by atoms with van der Waals surface area (Å²) in [5.74, 6) is -2.00. The Balaban J connectivity index is 1.41. The first-order valence-corrected chi connectivity index (χ1v) is 20.2. The minimum absolute atomic E-state index is 0.524. The van der Waals surface area contributed by atoms with Crippen LogP contribution >= 0.6 is 0 Å². The second kappa shape index (κ2) is 22.0. The van der Waals surface area contributed by atoms with Gasteiger partial charge in [-0.15, -0.1) is 0 Å². The summed E-state index contributed by atoms with van der Waals surface area (Å²) in [6, 6.07) is -2.65. The van der Waals surface area contributed by atoms with Crippen LogP contribution in [0.2, 0.25) is 0 Å². The maximum absolute atomic E-state index is 12.5. The Labute approximate surface area is 354 Å². The van der Waals surface area contributed by atoms with Crippen molar-refractivity contribution in [2.75, 3.05) is 33.0 Å². The maximum atomic E-state index is 12.5. The van der Waals surface area contributed by atoms with Gasteiger partial charge in [0.25, 0.3) is 0 Å². The van der Waals surface area contributed by atoms with Crippen LogP contribution in [-0.2, 0) is 52.2 Å². The van der Waals surface area contributed by atoms with Crippen molar-refractivity contribution >= 4 is 11.8 Å². The number of hydrogen-bond acceptors (Lipinski definition) is 24. The van der Waals surface area contributed by atoms with Gasteiger partial charge in [-0.2, -0.15) is 0 Å². The summed E-state index contributed by atoms with van der Waals surface area (Å²) < 4.78 is 52.1. The third-order valence-electron chi connectivity index (χ3n) is 11.8. The molecule has 11 unspecified atom stereocenters. The van der Waals surface area contributed by atoms with Gasteiger partial charge in [0.1, 0.15) is 97.6 Å². The van der Waals surface area contributed by atoms with Crippen LogP contribution < -0.4 is 10.6 Å². The van der Waals surface area contributed by atoms with E-state index < -0.39 is 198 Å². The average Bonchev–Trinajstić information content (AvgIpc) is 3.23. The number of carbonyl (C=O) groups is 2. The molecular weight excluding hydrogens is 844 g/mol. The lowest BCUT2D eigenvalue weighted by Gasteiger charge is -2.50. The van der Waals surface area contributed by atoms with Gasteiger partial charge in [-0.05, 0) is 6.92 Å². The number of carbonyl (C=O) groups excluding carboxylic acids is 2. The van der Waals surface area contributed by atoms with Crippen LogP contribution in [0.5, 0.6) is 0 Å². The molecule has 5 fully saturated rings. The van der Waals surface area contributed by atoms with Crippen molar-refractivity contribution in [1.29, 1.82) is 0 Å². The van der Waals surface area contributed by atoms with Crippen molar-refractivity contribution in [2.24, 2.45) is 5.92 Å². The van der Waals surface area contributed by atoms with Crippen LogP contribution in [0.3, 0.4) is 0 Å². The molecule has 0 aromatic carbocycles. The first-order valence-electron chi connectivity index (χ1n) is 20.2. The molecule has 15 N–H and O–H groups in total. The summed E-state index contributed by atoms with van der Waals surface area (Å²) in [6.07, 6.45) is -36.6. The molecular formula is C36H62N2O24. The predicted octanol–water partition coefficient (Wildman–Crippen LogP) is -9.29. The number of nitrogens with one attached hydrogen (secondary N) is 2. The first kappa shape index (κ1) is 51.1. The summed E-state index contributed by atoms with van der Waals surface area (Å²) in [5, 5.41) is 144. The smallest absolute Gasteiger partial charge is 0.217 e. The highest BCUT2D eigenvalue weighted by atomic mass is 16.8. The number of aliphatic hydroxyl groups is 13. The zero-order valence-electron chi connectivity index (χ0n) is 34.3. The highest BCUT2D eigenvalue weighted by Crippen LogP contribution is 2.35. The lowest BCUT2D eigenvalue weighted by atomic mass is 9.91. The second-order valence-corrected chi connectivity index (χ2v) is 16.1. The monoisotopic (exact) mass is 906 g/mol. The Bertz CT molecular complexity index is 1440. The molecule has 2 amide bonds. The van der Waals surface area contributed by atoms with Crippen molar-refractivity contribution in [3.05, 3.63) is 0 Å². The molecule has 5 aliphatic rings.